The molecule has 2 heterocycles. The zero-order chi connectivity index (χ0) is 25.2. The Labute approximate surface area is 214 Å². The topological polar surface area (TPSA) is 85.0 Å². The number of amides is 4. The van der Waals surface area contributed by atoms with Crippen LogP contribution in [0.15, 0.2) is 30.3 Å². The fourth-order valence-electron chi connectivity index (χ4n) is 6.43. The molecule has 2 aliphatic carbocycles. The molecule has 4 amide bonds. The molecule has 2 N–H and O–H groups in total. The number of rotatable bonds is 7. The highest BCUT2D eigenvalue weighted by molar-refractivity contribution is 5.87. The van der Waals surface area contributed by atoms with Gasteiger partial charge in [0.05, 0.1) is 12.5 Å². The Morgan fingerprint density at radius 3 is 2.53 bits per heavy atom. The number of carbonyl (C=O) groups is 3. The number of fused-ring (bicyclic) bond motifs is 3. The molecule has 5 rings (SSSR count). The highest BCUT2D eigenvalue weighted by Gasteiger charge is 2.55. The van der Waals surface area contributed by atoms with Crippen LogP contribution in [0.2, 0.25) is 0 Å². The molecule has 0 radical (unpaired) electrons. The lowest BCUT2D eigenvalue weighted by Crippen LogP contribution is -2.67. The van der Waals surface area contributed by atoms with Crippen LogP contribution in [0, 0.1) is 17.8 Å². The van der Waals surface area contributed by atoms with Crippen LogP contribution < -0.4 is 10.7 Å². The van der Waals surface area contributed by atoms with E-state index in [4.69, 9.17) is 0 Å². The maximum absolute atomic E-state index is 13.7. The first-order chi connectivity index (χ1) is 17.4. The van der Waals surface area contributed by atoms with Gasteiger partial charge in [-0.25, -0.2) is 4.79 Å². The van der Waals surface area contributed by atoms with Crippen LogP contribution in [0.1, 0.15) is 77.2 Å². The number of hydrogen-bond donors (Lipinski definition) is 2. The summed E-state index contributed by atoms with van der Waals surface area (Å²) in [6, 6.07) is 9.81. The molecule has 4 aliphatic rings. The number of hydrazine groups is 1. The summed E-state index contributed by atoms with van der Waals surface area (Å²) in [4.78, 5) is 44.4. The molecule has 8 heteroatoms. The smallest absolute Gasteiger partial charge is 0.337 e. The Hall–Kier alpha value is -2.61. The first-order valence-electron chi connectivity index (χ1n) is 13.9. The summed E-state index contributed by atoms with van der Waals surface area (Å²) in [5.41, 5.74) is 4.38. The predicted octanol–water partition coefficient (Wildman–Crippen LogP) is 3.83. The first-order valence-corrected chi connectivity index (χ1v) is 13.9. The largest absolute Gasteiger partial charge is 0.353 e. The number of carbonyl (C=O) groups excluding carboxylic acids is 3. The van der Waals surface area contributed by atoms with Gasteiger partial charge in [-0.1, -0.05) is 63.4 Å². The molecule has 0 aromatic heterocycles. The SMILES string of the molecule is CC(C)CCN1C(=O)C2CCC(C(=O)NC3CCCCC3)CC2N2C(=O)N(Cc3ccccc3)NC12. The fraction of sp³-hybridized carbons (Fsp3) is 0.679. The second-order valence-corrected chi connectivity index (χ2v) is 11.5. The molecule has 1 aromatic rings. The fourth-order valence-corrected chi connectivity index (χ4v) is 6.43. The Kier molecular flexibility index (Phi) is 7.51. The molecule has 0 bridgehead atoms. The van der Waals surface area contributed by atoms with Gasteiger partial charge in [0.15, 0.2) is 6.29 Å². The minimum absolute atomic E-state index is 0.103. The summed E-state index contributed by atoms with van der Waals surface area (Å²) in [6.07, 6.45) is 8.01. The second kappa shape index (κ2) is 10.8. The minimum Gasteiger partial charge on any atom is -0.353 e. The van der Waals surface area contributed by atoms with Crippen molar-refractivity contribution < 1.29 is 14.4 Å². The minimum atomic E-state index is -0.492. The summed E-state index contributed by atoms with van der Waals surface area (Å²) in [5, 5.41) is 4.93. The van der Waals surface area contributed by atoms with Crippen molar-refractivity contribution in [1.82, 2.24) is 25.6 Å². The summed E-state index contributed by atoms with van der Waals surface area (Å²) >= 11 is 0. The van der Waals surface area contributed by atoms with Gasteiger partial charge in [0, 0.05) is 24.5 Å². The van der Waals surface area contributed by atoms with Crippen LogP contribution in [-0.2, 0) is 16.1 Å². The van der Waals surface area contributed by atoms with Gasteiger partial charge in [0.2, 0.25) is 11.8 Å². The van der Waals surface area contributed by atoms with Crippen LogP contribution in [0.3, 0.4) is 0 Å². The molecular weight excluding hydrogens is 454 g/mol. The molecule has 36 heavy (non-hydrogen) atoms. The van der Waals surface area contributed by atoms with Crippen LogP contribution in [0.4, 0.5) is 4.79 Å². The summed E-state index contributed by atoms with van der Waals surface area (Å²) in [7, 11) is 0. The van der Waals surface area contributed by atoms with E-state index < -0.39 is 6.29 Å². The van der Waals surface area contributed by atoms with Crippen molar-refractivity contribution in [2.24, 2.45) is 17.8 Å². The van der Waals surface area contributed by atoms with Crippen molar-refractivity contribution in [2.75, 3.05) is 6.54 Å². The van der Waals surface area contributed by atoms with Crippen molar-refractivity contribution >= 4 is 17.8 Å². The Morgan fingerprint density at radius 1 is 1.06 bits per heavy atom. The Morgan fingerprint density at radius 2 is 1.81 bits per heavy atom. The lowest BCUT2D eigenvalue weighted by atomic mass is 9.75. The van der Waals surface area contributed by atoms with Crippen LogP contribution in [0.5, 0.6) is 0 Å². The van der Waals surface area contributed by atoms with E-state index in [0.717, 1.165) is 24.8 Å². The van der Waals surface area contributed by atoms with Crippen molar-refractivity contribution in [3.05, 3.63) is 35.9 Å². The molecule has 2 aliphatic heterocycles. The van der Waals surface area contributed by atoms with E-state index in [-0.39, 0.29) is 41.8 Å². The van der Waals surface area contributed by atoms with E-state index in [2.05, 4.69) is 24.6 Å². The Bertz CT molecular complexity index is 948. The third-order valence-corrected chi connectivity index (χ3v) is 8.51. The summed E-state index contributed by atoms with van der Waals surface area (Å²) in [5.74, 6) is 0.289. The van der Waals surface area contributed by atoms with Gasteiger partial charge in [-0.2, -0.15) is 5.43 Å². The van der Waals surface area contributed by atoms with Gasteiger partial charge in [-0.3, -0.25) is 19.5 Å². The number of hydrogen-bond acceptors (Lipinski definition) is 4. The summed E-state index contributed by atoms with van der Waals surface area (Å²) < 4.78 is 0. The van der Waals surface area contributed by atoms with E-state index >= 15 is 0 Å². The average molecular weight is 496 g/mol. The van der Waals surface area contributed by atoms with Crippen LogP contribution >= 0.6 is 0 Å². The predicted molar refractivity (Wildman–Crippen MR) is 137 cm³/mol. The second-order valence-electron chi connectivity index (χ2n) is 11.5. The van der Waals surface area contributed by atoms with E-state index in [1.807, 2.05) is 40.1 Å². The maximum Gasteiger partial charge on any atom is 0.337 e. The highest BCUT2D eigenvalue weighted by Crippen LogP contribution is 2.41. The number of nitrogens with zero attached hydrogens (tertiary/aromatic N) is 3. The maximum atomic E-state index is 13.7. The quantitative estimate of drug-likeness (QED) is 0.602. The lowest BCUT2D eigenvalue weighted by molar-refractivity contribution is -0.159. The number of benzene rings is 1. The monoisotopic (exact) mass is 495 g/mol. The third-order valence-electron chi connectivity index (χ3n) is 8.51. The van der Waals surface area contributed by atoms with Crippen molar-refractivity contribution in [3.8, 4) is 0 Å². The van der Waals surface area contributed by atoms with E-state index in [9.17, 15) is 14.4 Å². The normalized spacial score (nSPS) is 28.9. The zero-order valence-corrected chi connectivity index (χ0v) is 21.7. The Balaban J connectivity index is 1.35. The molecule has 4 atom stereocenters. The molecular formula is C28H41N5O3. The van der Waals surface area contributed by atoms with Gasteiger partial charge in [-0.15, -0.1) is 0 Å². The van der Waals surface area contributed by atoms with E-state index in [1.165, 1.54) is 19.3 Å². The molecule has 2 saturated carbocycles. The van der Waals surface area contributed by atoms with Crippen molar-refractivity contribution in [1.29, 1.82) is 0 Å². The molecule has 2 saturated heterocycles. The van der Waals surface area contributed by atoms with Crippen molar-refractivity contribution in [2.45, 2.75) is 96.6 Å². The highest BCUT2D eigenvalue weighted by atomic mass is 16.2. The van der Waals surface area contributed by atoms with Gasteiger partial charge in [-0.05, 0) is 50.0 Å². The first kappa shape index (κ1) is 25.1. The van der Waals surface area contributed by atoms with E-state index in [0.29, 0.717) is 38.3 Å². The lowest BCUT2D eigenvalue weighted by Gasteiger charge is -2.50. The number of nitrogens with one attached hydrogen (secondary N) is 2. The van der Waals surface area contributed by atoms with Gasteiger partial charge in [0.1, 0.15) is 0 Å². The third kappa shape index (κ3) is 5.10. The average Bonchev–Trinajstić information content (AvgIpc) is 3.20. The van der Waals surface area contributed by atoms with Crippen molar-refractivity contribution in [3.63, 3.8) is 0 Å². The standard InChI is InChI=1S/C28H41N5O3/c1-19(2)15-16-31-26(35)23-14-13-21(25(34)29-22-11-7-4-8-12-22)17-24(23)33-27(31)30-32(28(33)36)18-20-9-5-3-6-10-20/h3,5-6,9-10,19,21-24,27,30H,4,7-8,11-18H2,1-2H3,(H,29,34). The number of urea groups is 1. The molecule has 4 fully saturated rings. The molecule has 0 spiro atoms. The zero-order valence-electron chi connectivity index (χ0n) is 21.7. The molecule has 4 unspecified atom stereocenters. The van der Waals surface area contributed by atoms with Gasteiger partial charge >= 0.3 is 6.03 Å². The molecule has 196 valence electrons. The van der Waals surface area contributed by atoms with Gasteiger partial charge < -0.3 is 10.2 Å². The van der Waals surface area contributed by atoms with Gasteiger partial charge in [0.25, 0.3) is 0 Å². The molecule has 8 nitrogen and oxygen atoms in total. The summed E-state index contributed by atoms with van der Waals surface area (Å²) in [6.45, 7) is 5.36. The van der Waals surface area contributed by atoms with Crippen LogP contribution in [0.25, 0.3) is 0 Å². The van der Waals surface area contributed by atoms with E-state index in [1.54, 1.807) is 5.01 Å². The molecule has 1 aromatic carbocycles. The van der Waals surface area contributed by atoms with Crippen LogP contribution in [-0.4, -0.2) is 57.6 Å².